The summed E-state index contributed by atoms with van der Waals surface area (Å²) in [5.74, 6) is 0.802. The lowest BCUT2D eigenvalue weighted by Gasteiger charge is -2.36. The number of nitrogens with two attached hydrogens (primary N) is 1. The summed E-state index contributed by atoms with van der Waals surface area (Å²) in [6.07, 6.45) is 4.55. The number of thioether (sulfide) groups is 1. The third kappa shape index (κ3) is 3.29. The molecule has 27 heavy (non-hydrogen) atoms. The Labute approximate surface area is 160 Å². The van der Waals surface area contributed by atoms with Gasteiger partial charge in [-0.2, -0.15) is 0 Å². The highest BCUT2D eigenvalue weighted by atomic mass is 32.2. The van der Waals surface area contributed by atoms with Crippen LogP contribution in [0.25, 0.3) is 0 Å². The fraction of sp³-hybridized carbons (Fsp3) is 0.368. The van der Waals surface area contributed by atoms with Gasteiger partial charge in [0.15, 0.2) is 5.17 Å². The number of rotatable bonds is 3. The van der Waals surface area contributed by atoms with E-state index in [2.05, 4.69) is 22.2 Å². The zero-order valence-corrected chi connectivity index (χ0v) is 15.7. The van der Waals surface area contributed by atoms with Crippen molar-refractivity contribution in [3.63, 3.8) is 0 Å². The Morgan fingerprint density at radius 3 is 3.04 bits per heavy atom. The molecule has 3 atom stereocenters. The van der Waals surface area contributed by atoms with Crippen LogP contribution < -0.4 is 11.1 Å². The van der Waals surface area contributed by atoms with Crippen molar-refractivity contribution in [3.8, 4) is 0 Å². The van der Waals surface area contributed by atoms with Crippen molar-refractivity contribution < 1.29 is 9.18 Å². The number of hydrogen-bond donors (Lipinski definition) is 2. The van der Waals surface area contributed by atoms with Gasteiger partial charge in [-0.3, -0.25) is 9.79 Å². The number of halogens is 1. The monoisotopic (exact) mass is 385 g/mol. The van der Waals surface area contributed by atoms with Gasteiger partial charge in [-0.05, 0) is 48.9 Å². The van der Waals surface area contributed by atoms with Gasteiger partial charge >= 0.3 is 0 Å². The molecule has 1 aromatic heterocycles. The van der Waals surface area contributed by atoms with Crippen molar-refractivity contribution in [3.05, 3.63) is 53.9 Å². The quantitative estimate of drug-likeness (QED) is 0.846. The molecule has 0 unspecified atom stereocenters. The predicted octanol–water partition coefficient (Wildman–Crippen LogP) is 3.17. The number of aliphatic imine (C=N–C) groups is 1. The molecule has 1 aromatic carbocycles. The molecule has 0 saturated heterocycles. The number of amides is 1. The molecule has 1 aliphatic carbocycles. The molecular weight excluding hydrogens is 365 g/mol. The first kappa shape index (κ1) is 17.9. The molecule has 8 heteroatoms. The molecule has 140 valence electrons. The molecule has 2 heterocycles. The second-order valence-electron chi connectivity index (χ2n) is 7.17. The molecule has 1 amide bonds. The molecule has 0 bridgehead atoms. The van der Waals surface area contributed by atoms with E-state index >= 15 is 0 Å². The second kappa shape index (κ2) is 6.92. The molecule has 6 nitrogen and oxygen atoms in total. The third-order valence-electron chi connectivity index (χ3n) is 5.27. The van der Waals surface area contributed by atoms with Crippen molar-refractivity contribution >= 4 is 28.5 Å². The number of anilines is 1. The van der Waals surface area contributed by atoms with E-state index in [1.54, 1.807) is 12.1 Å². The maximum absolute atomic E-state index is 14.9. The van der Waals surface area contributed by atoms with Crippen LogP contribution in [0.2, 0.25) is 0 Å². The van der Waals surface area contributed by atoms with Crippen LogP contribution in [0.5, 0.6) is 0 Å². The minimum absolute atomic E-state index is 0.229. The lowest BCUT2D eigenvalue weighted by molar-refractivity contribution is 0.102. The zero-order chi connectivity index (χ0) is 19.0. The maximum atomic E-state index is 14.9. The smallest absolute Gasteiger partial charge is 0.274 e. The minimum Gasteiger partial charge on any atom is -0.379 e. The molecule has 1 fully saturated rings. The highest BCUT2D eigenvalue weighted by Gasteiger charge is 2.50. The van der Waals surface area contributed by atoms with Gasteiger partial charge < -0.3 is 11.1 Å². The van der Waals surface area contributed by atoms with Crippen molar-refractivity contribution in [2.75, 3.05) is 11.1 Å². The molecule has 2 aromatic rings. The Morgan fingerprint density at radius 2 is 2.26 bits per heavy atom. The Kier molecular flexibility index (Phi) is 4.59. The number of nitrogens with one attached hydrogen (secondary N) is 1. The summed E-state index contributed by atoms with van der Waals surface area (Å²) in [4.78, 5) is 24.8. The molecule has 1 saturated carbocycles. The number of amidine groups is 1. The van der Waals surface area contributed by atoms with Gasteiger partial charge in [0, 0.05) is 23.2 Å². The largest absolute Gasteiger partial charge is 0.379 e. The van der Waals surface area contributed by atoms with Crippen LogP contribution in [-0.2, 0) is 5.54 Å². The molecule has 0 spiro atoms. The van der Waals surface area contributed by atoms with Gasteiger partial charge in [-0.1, -0.05) is 18.7 Å². The molecule has 1 aliphatic heterocycles. The van der Waals surface area contributed by atoms with Crippen molar-refractivity contribution in [2.24, 2.45) is 22.6 Å². The highest BCUT2D eigenvalue weighted by molar-refractivity contribution is 8.13. The zero-order valence-electron chi connectivity index (χ0n) is 14.9. The number of hydrogen-bond acceptors (Lipinski definition) is 6. The average molecular weight is 385 g/mol. The number of aromatic nitrogens is 2. The van der Waals surface area contributed by atoms with Gasteiger partial charge in [0.25, 0.3) is 5.91 Å². The predicted molar refractivity (Wildman–Crippen MR) is 104 cm³/mol. The highest BCUT2D eigenvalue weighted by Crippen LogP contribution is 2.53. The van der Waals surface area contributed by atoms with Crippen LogP contribution >= 0.6 is 11.8 Å². The third-order valence-corrected chi connectivity index (χ3v) is 6.23. The van der Waals surface area contributed by atoms with E-state index in [-0.39, 0.29) is 23.3 Å². The van der Waals surface area contributed by atoms with E-state index in [9.17, 15) is 9.18 Å². The first-order valence-corrected chi connectivity index (χ1v) is 9.82. The number of carbonyl (C=O) groups excluding carboxylic acids is 1. The Bertz CT molecular complexity index is 906. The van der Waals surface area contributed by atoms with Crippen LogP contribution in [0.1, 0.15) is 35.8 Å². The maximum Gasteiger partial charge on any atom is 0.274 e. The molecule has 3 N–H and O–H groups in total. The van der Waals surface area contributed by atoms with Crippen LogP contribution in [-0.4, -0.2) is 26.8 Å². The van der Waals surface area contributed by atoms with Gasteiger partial charge in [-0.25, -0.2) is 14.4 Å². The van der Waals surface area contributed by atoms with Gasteiger partial charge in [0.05, 0.1) is 5.54 Å². The molecule has 4 rings (SSSR count). The van der Waals surface area contributed by atoms with Crippen molar-refractivity contribution in [2.45, 2.75) is 25.3 Å². The number of fused-ring (bicyclic) bond motifs is 1. The van der Waals surface area contributed by atoms with Gasteiger partial charge in [-0.15, -0.1) is 0 Å². The molecular formula is C19H20FN5OS. The lowest BCUT2D eigenvalue weighted by atomic mass is 9.81. The summed E-state index contributed by atoms with van der Waals surface area (Å²) >= 11 is 1.53. The molecule has 0 radical (unpaired) electrons. The topological polar surface area (TPSA) is 93.3 Å². The van der Waals surface area contributed by atoms with E-state index in [1.807, 2.05) is 0 Å². The summed E-state index contributed by atoms with van der Waals surface area (Å²) in [6, 6.07) is 6.14. The lowest BCUT2D eigenvalue weighted by Crippen LogP contribution is -2.37. The summed E-state index contributed by atoms with van der Waals surface area (Å²) in [5, 5.41) is 3.28. The van der Waals surface area contributed by atoms with E-state index in [0.29, 0.717) is 22.3 Å². The number of nitrogens with zero attached hydrogens (tertiary/aromatic N) is 3. The molecule has 2 aliphatic rings. The van der Waals surface area contributed by atoms with Crippen molar-refractivity contribution in [1.82, 2.24) is 9.97 Å². The van der Waals surface area contributed by atoms with Gasteiger partial charge in [0.1, 0.15) is 17.8 Å². The summed E-state index contributed by atoms with van der Waals surface area (Å²) in [7, 11) is 0. The van der Waals surface area contributed by atoms with Crippen molar-refractivity contribution in [1.29, 1.82) is 0 Å². The van der Waals surface area contributed by atoms with E-state index < -0.39 is 5.54 Å². The van der Waals surface area contributed by atoms with E-state index in [1.165, 1.54) is 36.4 Å². The van der Waals surface area contributed by atoms with E-state index in [4.69, 9.17) is 10.7 Å². The Morgan fingerprint density at radius 1 is 1.41 bits per heavy atom. The number of carbonyl (C=O) groups is 1. The van der Waals surface area contributed by atoms with E-state index in [0.717, 1.165) is 18.6 Å². The van der Waals surface area contributed by atoms with Gasteiger partial charge in [0.2, 0.25) is 0 Å². The fourth-order valence-electron chi connectivity index (χ4n) is 4.16. The summed E-state index contributed by atoms with van der Waals surface area (Å²) < 4.78 is 14.9. The van der Waals surface area contributed by atoms with Crippen LogP contribution in [0.3, 0.4) is 0 Å². The summed E-state index contributed by atoms with van der Waals surface area (Å²) in [6.45, 7) is 2.16. The first-order valence-electron chi connectivity index (χ1n) is 8.83. The van der Waals surface area contributed by atoms with Crippen LogP contribution in [0, 0.1) is 17.7 Å². The normalized spacial score (nSPS) is 27.0. The minimum atomic E-state index is -0.658. The second-order valence-corrected chi connectivity index (χ2v) is 8.21. The standard InChI is InChI=1S/C19H20FN5OS/c1-11-6-12-9-27-18(21)25-19(12,8-11)14-7-13(2-3-15(14)20)24-17(26)16-4-5-22-10-23-16/h2-5,7,10-12H,6,8-9H2,1H3,(H2,21,25)(H,24,26)/t11-,12-,19-/m0/s1. The summed E-state index contributed by atoms with van der Waals surface area (Å²) in [5.41, 5.74) is 6.61. The van der Waals surface area contributed by atoms with Crippen LogP contribution in [0.15, 0.2) is 41.8 Å². The first-order chi connectivity index (χ1) is 13.0. The van der Waals surface area contributed by atoms with Crippen LogP contribution in [0.4, 0.5) is 10.1 Å². The number of benzene rings is 1. The Balaban J connectivity index is 1.70. The Hall–Kier alpha value is -2.48. The fourth-order valence-corrected chi connectivity index (χ4v) is 5.18. The SMILES string of the molecule is C[C@H]1C[C@H]2CSC(N)=N[C@@]2(c2cc(NC(=O)c3ccncn3)ccc2F)C1. The average Bonchev–Trinajstić information content (AvgIpc) is 3.00.